The van der Waals surface area contributed by atoms with Gasteiger partial charge in [-0.3, -0.25) is 0 Å². The molecule has 0 spiro atoms. The minimum atomic E-state index is 0.608. The quantitative estimate of drug-likeness (QED) is 0.532. The van der Waals surface area contributed by atoms with Gasteiger partial charge in [-0.2, -0.15) is 0 Å². The van der Waals surface area contributed by atoms with E-state index in [1.807, 2.05) is 0 Å². The van der Waals surface area contributed by atoms with Crippen LogP contribution < -0.4 is 0 Å². The first-order valence-corrected chi connectivity index (χ1v) is 4.10. The van der Waals surface area contributed by atoms with E-state index in [-0.39, 0.29) is 0 Å². The standard InChI is InChI=1S/C9H20/c1-4-6-8-9(3)7-5-2/h9H,4-8H2,1-3H3/i2D. The third kappa shape index (κ3) is 5.88. The van der Waals surface area contributed by atoms with E-state index in [9.17, 15) is 0 Å². The van der Waals surface area contributed by atoms with E-state index in [1.165, 1.54) is 25.7 Å². The van der Waals surface area contributed by atoms with Crippen LogP contribution in [0.5, 0.6) is 0 Å². The summed E-state index contributed by atoms with van der Waals surface area (Å²) >= 11 is 0. The first-order chi connectivity index (χ1) is 4.81. The Kier molecular flexibility index (Phi) is 4.84. The second-order valence-electron chi connectivity index (χ2n) is 2.89. The maximum atomic E-state index is 6.97. The molecule has 0 bridgehead atoms. The highest BCUT2D eigenvalue weighted by atomic mass is 14.0. The number of rotatable bonds is 5. The van der Waals surface area contributed by atoms with Crippen LogP contribution in [0.4, 0.5) is 0 Å². The molecule has 0 N–H and O–H groups in total. The Hall–Kier alpha value is 0. The molecule has 0 aliphatic carbocycles. The molecule has 0 aromatic heterocycles. The van der Waals surface area contributed by atoms with E-state index in [1.54, 1.807) is 0 Å². The summed E-state index contributed by atoms with van der Waals surface area (Å²) in [6.45, 7) is 5.14. The molecule has 0 saturated carbocycles. The average Bonchev–Trinajstić information content (AvgIpc) is 1.97. The van der Waals surface area contributed by atoms with Crippen molar-refractivity contribution >= 4 is 0 Å². The second kappa shape index (κ2) is 6.12. The molecule has 0 heteroatoms. The smallest absolute Gasteiger partial charge is 0.0230 e. The van der Waals surface area contributed by atoms with Gasteiger partial charge in [0.15, 0.2) is 0 Å². The minimum absolute atomic E-state index is 0.608. The van der Waals surface area contributed by atoms with Crippen molar-refractivity contribution in [2.24, 2.45) is 5.92 Å². The molecule has 56 valence electrons. The molecule has 0 amide bonds. The Morgan fingerprint density at radius 2 is 2.11 bits per heavy atom. The fraction of sp³-hybridized carbons (Fsp3) is 1.00. The molecule has 0 aliphatic heterocycles. The van der Waals surface area contributed by atoms with E-state index in [0.29, 0.717) is 6.90 Å². The van der Waals surface area contributed by atoms with Gasteiger partial charge in [-0.25, -0.2) is 0 Å². The summed E-state index contributed by atoms with van der Waals surface area (Å²) in [5, 5.41) is 0. The average molecular weight is 129 g/mol. The minimum Gasteiger partial charge on any atom is -0.0654 e. The molecule has 0 radical (unpaired) electrons. The van der Waals surface area contributed by atoms with Gasteiger partial charge in [0.25, 0.3) is 0 Å². The predicted octanol–water partition coefficient (Wildman–Crippen LogP) is 3.61. The lowest BCUT2D eigenvalue weighted by atomic mass is 10.00. The van der Waals surface area contributed by atoms with Gasteiger partial charge in [-0.05, 0) is 5.92 Å². The molecule has 0 rings (SSSR count). The van der Waals surface area contributed by atoms with E-state index in [4.69, 9.17) is 1.37 Å². The van der Waals surface area contributed by atoms with Crippen molar-refractivity contribution in [3.63, 3.8) is 0 Å². The summed E-state index contributed by atoms with van der Waals surface area (Å²) in [6.07, 6.45) is 6.37. The molecular formula is C9H20. The van der Waals surface area contributed by atoms with Crippen molar-refractivity contribution in [2.45, 2.75) is 52.9 Å². The molecule has 0 aliphatic rings. The topological polar surface area (TPSA) is 0 Å². The van der Waals surface area contributed by atoms with Crippen molar-refractivity contribution < 1.29 is 1.37 Å². The van der Waals surface area contributed by atoms with Gasteiger partial charge in [0.1, 0.15) is 0 Å². The molecule has 1 unspecified atom stereocenters. The van der Waals surface area contributed by atoms with Gasteiger partial charge in [0, 0.05) is 1.37 Å². The summed E-state index contributed by atoms with van der Waals surface area (Å²) in [4.78, 5) is 0. The largest absolute Gasteiger partial charge is 0.0654 e. The van der Waals surface area contributed by atoms with Crippen molar-refractivity contribution in [2.75, 3.05) is 0 Å². The highest BCUT2D eigenvalue weighted by Crippen LogP contribution is 2.12. The fourth-order valence-corrected chi connectivity index (χ4v) is 1.05. The monoisotopic (exact) mass is 129 g/mol. The molecular weight excluding hydrogens is 108 g/mol. The van der Waals surface area contributed by atoms with Gasteiger partial charge in [-0.1, -0.05) is 52.9 Å². The predicted molar refractivity (Wildman–Crippen MR) is 43.6 cm³/mol. The van der Waals surface area contributed by atoms with Crippen LogP contribution >= 0.6 is 0 Å². The number of unbranched alkanes of at least 4 members (excludes halogenated alkanes) is 1. The summed E-state index contributed by atoms with van der Waals surface area (Å²) in [5.41, 5.74) is 0. The third-order valence-corrected chi connectivity index (χ3v) is 1.75. The lowest BCUT2D eigenvalue weighted by molar-refractivity contribution is 0.466. The first kappa shape index (κ1) is 7.11. The van der Waals surface area contributed by atoms with Gasteiger partial charge < -0.3 is 0 Å². The van der Waals surface area contributed by atoms with E-state index < -0.39 is 0 Å². The molecule has 1 atom stereocenters. The Bertz CT molecular complexity index is 53.7. The number of hydrogen-bond donors (Lipinski definition) is 0. The zero-order valence-corrected chi connectivity index (χ0v) is 6.82. The highest BCUT2D eigenvalue weighted by molar-refractivity contribution is 4.50. The van der Waals surface area contributed by atoms with Crippen molar-refractivity contribution in [1.82, 2.24) is 0 Å². The summed E-state index contributed by atoms with van der Waals surface area (Å²) < 4.78 is 6.97. The summed E-state index contributed by atoms with van der Waals surface area (Å²) in [7, 11) is 0. The third-order valence-electron chi connectivity index (χ3n) is 1.75. The van der Waals surface area contributed by atoms with Crippen molar-refractivity contribution in [3.05, 3.63) is 0 Å². The van der Waals surface area contributed by atoms with Crippen LogP contribution in [0.1, 0.15) is 54.2 Å². The summed E-state index contributed by atoms with van der Waals surface area (Å²) in [5.74, 6) is 0.852. The van der Waals surface area contributed by atoms with Crippen LogP contribution in [-0.4, -0.2) is 0 Å². The Morgan fingerprint density at radius 1 is 1.33 bits per heavy atom. The normalized spacial score (nSPS) is 15.1. The Morgan fingerprint density at radius 3 is 2.67 bits per heavy atom. The second-order valence-corrected chi connectivity index (χ2v) is 2.89. The van der Waals surface area contributed by atoms with Crippen LogP contribution in [0.2, 0.25) is 0 Å². The molecule has 0 aromatic carbocycles. The molecule has 0 heterocycles. The highest BCUT2D eigenvalue weighted by Gasteiger charge is 1.97. The van der Waals surface area contributed by atoms with Crippen LogP contribution in [-0.2, 0) is 0 Å². The fourth-order valence-electron chi connectivity index (χ4n) is 1.05. The van der Waals surface area contributed by atoms with E-state index in [0.717, 1.165) is 12.3 Å². The molecule has 0 nitrogen and oxygen atoms in total. The van der Waals surface area contributed by atoms with E-state index in [2.05, 4.69) is 13.8 Å². The molecule has 0 saturated heterocycles. The lowest BCUT2D eigenvalue weighted by Gasteiger charge is -2.07. The molecule has 0 fully saturated rings. The zero-order valence-electron chi connectivity index (χ0n) is 7.82. The maximum absolute atomic E-state index is 6.97. The lowest BCUT2D eigenvalue weighted by Crippen LogP contribution is -1.92. The maximum Gasteiger partial charge on any atom is 0.0230 e. The Balaban J connectivity index is 3.00. The van der Waals surface area contributed by atoms with Crippen LogP contribution in [0, 0.1) is 5.92 Å². The van der Waals surface area contributed by atoms with Crippen molar-refractivity contribution in [1.29, 1.82) is 0 Å². The van der Waals surface area contributed by atoms with Crippen LogP contribution in [0.25, 0.3) is 0 Å². The van der Waals surface area contributed by atoms with Gasteiger partial charge in [0.05, 0.1) is 0 Å². The molecule has 9 heavy (non-hydrogen) atoms. The van der Waals surface area contributed by atoms with Crippen molar-refractivity contribution in [3.8, 4) is 0 Å². The first-order valence-electron chi connectivity index (χ1n) is 4.81. The zero-order chi connectivity index (χ0) is 7.82. The Labute approximate surface area is 61.1 Å². The van der Waals surface area contributed by atoms with Gasteiger partial charge in [0.2, 0.25) is 0 Å². The van der Waals surface area contributed by atoms with Gasteiger partial charge in [-0.15, -0.1) is 0 Å². The van der Waals surface area contributed by atoms with Crippen LogP contribution in [0.3, 0.4) is 0 Å². The van der Waals surface area contributed by atoms with E-state index >= 15 is 0 Å². The molecule has 0 aromatic rings. The summed E-state index contributed by atoms with van der Waals surface area (Å²) in [6, 6.07) is 0. The number of hydrogen-bond acceptors (Lipinski definition) is 0. The van der Waals surface area contributed by atoms with Gasteiger partial charge >= 0.3 is 0 Å². The SMILES string of the molecule is [2H]CCCC(C)CCCC. The van der Waals surface area contributed by atoms with Crippen LogP contribution in [0.15, 0.2) is 0 Å².